The molecule has 1 fully saturated rings. The number of amides is 1. The zero-order valence-electron chi connectivity index (χ0n) is 10.1. The Bertz CT molecular complexity index is 499. The molecule has 98 valence electrons. The highest BCUT2D eigenvalue weighted by atomic mass is 32.1. The second-order valence-electron chi connectivity index (χ2n) is 4.35. The second kappa shape index (κ2) is 4.66. The third-order valence-corrected chi connectivity index (χ3v) is 3.98. The van der Waals surface area contributed by atoms with Crippen LogP contribution in [0.3, 0.4) is 0 Å². The van der Waals surface area contributed by atoms with Gasteiger partial charge in [0.25, 0.3) is 5.91 Å². The van der Waals surface area contributed by atoms with Crippen molar-refractivity contribution in [1.82, 2.24) is 9.88 Å². The van der Waals surface area contributed by atoms with Gasteiger partial charge in [-0.1, -0.05) is 0 Å². The lowest BCUT2D eigenvalue weighted by molar-refractivity contribution is -0.141. The van der Waals surface area contributed by atoms with Crippen molar-refractivity contribution in [2.24, 2.45) is 0 Å². The number of carbonyl (C=O) groups excluding carboxylic acids is 1. The van der Waals surface area contributed by atoms with Gasteiger partial charge in [-0.25, -0.2) is 9.78 Å². The zero-order chi connectivity index (χ0) is 13.4. The molecule has 1 aliphatic heterocycles. The van der Waals surface area contributed by atoms with Crippen LogP contribution in [-0.2, 0) is 4.79 Å². The van der Waals surface area contributed by atoms with Gasteiger partial charge in [-0.2, -0.15) is 0 Å². The first-order valence-corrected chi connectivity index (χ1v) is 6.37. The van der Waals surface area contributed by atoms with Gasteiger partial charge in [0, 0.05) is 13.0 Å². The minimum atomic E-state index is -1.08. The van der Waals surface area contributed by atoms with Crippen LogP contribution in [0.15, 0.2) is 0 Å². The molecule has 6 nitrogen and oxygen atoms in total. The molecule has 1 amide bonds. The number of carbonyl (C=O) groups is 2. The van der Waals surface area contributed by atoms with Crippen molar-refractivity contribution in [2.45, 2.75) is 32.4 Å². The van der Waals surface area contributed by atoms with Crippen molar-refractivity contribution in [3.05, 3.63) is 15.6 Å². The van der Waals surface area contributed by atoms with E-state index in [2.05, 4.69) is 4.98 Å². The largest absolute Gasteiger partial charge is 0.480 e. The molecule has 2 unspecified atom stereocenters. The lowest BCUT2D eigenvalue weighted by atomic mass is 10.2. The van der Waals surface area contributed by atoms with Gasteiger partial charge < -0.3 is 15.1 Å². The summed E-state index contributed by atoms with van der Waals surface area (Å²) in [7, 11) is 0. The molecule has 2 atom stereocenters. The number of aryl methyl sites for hydroxylation is 2. The van der Waals surface area contributed by atoms with Crippen LogP contribution in [0.25, 0.3) is 0 Å². The highest BCUT2D eigenvalue weighted by Crippen LogP contribution is 2.25. The van der Waals surface area contributed by atoms with Gasteiger partial charge in [0.2, 0.25) is 0 Å². The molecule has 1 aromatic heterocycles. The Morgan fingerprint density at radius 2 is 2.11 bits per heavy atom. The fourth-order valence-electron chi connectivity index (χ4n) is 2.13. The molecule has 2 N–H and O–H groups in total. The van der Waals surface area contributed by atoms with Crippen LogP contribution in [0, 0.1) is 13.8 Å². The summed E-state index contributed by atoms with van der Waals surface area (Å²) in [4.78, 5) is 29.2. The number of likely N-dealkylation sites (tertiary alicyclic amines) is 1. The zero-order valence-corrected chi connectivity index (χ0v) is 10.9. The Labute approximate surface area is 108 Å². The normalized spacial score (nSPS) is 23.4. The van der Waals surface area contributed by atoms with Gasteiger partial charge >= 0.3 is 5.97 Å². The number of aliphatic hydroxyl groups excluding tert-OH is 1. The van der Waals surface area contributed by atoms with Crippen LogP contribution in [-0.4, -0.2) is 50.7 Å². The molecular weight excluding hydrogens is 256 g/mol. The smallest absolute Gasteiger partial charge is 0.326 e. The molecule has 0 spiro atoms. The number of aliphatic hydroxyl groups is 1. The van der Waals surface area contributed by atoms with Crippen molar-refractivity contribution < 1.29 is 19.8 Å². The molecule has 18 heavy (non-hydrogen) atoms. The van der Waals surface area contributed by atoms with Gasteiger partial charge in [-0.05, 0) is 13.8 Å². The molecular formula is C11H14N2O4S. The Hall–Kier alpha value is -1.47. The van der Waals surface area contributed by atoms with Crippen LogP contribution in [0.1, 0.15) is 26.8 Å². The summed E-state index contributed by atoms with van der Waals surface area (Å²) >= 11 is 1.25. The van der Waals surface area contributed by atoms with Gasteiger partial charge in [0.05, 0.1) is 16.8 Å². The first-order valence-electron chi connectivity index (χ1n) is 5.56. The highest BCUT2D eigenvalue weighted by Gasteiger charge is 2.40. The van der Waals surface area contributed by atoms with Gasteiger partial charge in [-0.3, -0.25) is 4.79 Å². The maximum Gasteiger partial charge on any atom is 0.326 e. The topological polar surface area (TPSA) is 90.7 Å². The van der Waals surface area contributed by atoms with Crippen LogP contribution in [0.5, 0.6) is 0 Å². The quantitative estimate of drug-likeness (QED) is 0.812. The first-order chi connectivity index (χ1) is 8.40. The van der Waals surface area contributed by atoms with E-state index in [1.54, 1.807) is 13.8 Å². The average molecular weight is 270 g/mol. The van der Waals surface area contributed by atoms with E-state index in [-0.39, 0.29) is 18.9 Å². The number of aliphatic carboxylic acids is 1. The van der Waals surface area contributed by atoms with E-state index >= 15 is 0 Å². The highest BCUT2D eigenvalue weighted by molar-refractivity contribution is 7.13. The van der Waals surface area contributed by atoms with E-state index in [1.165, 1.54) is 16.2 Å². The molecule has 7 heteroatoms. The minimum Gasteiger partial charge on any atom is -0.480 e. The van der Waals surface area contributed by atoms with Crippen LogP contribution < -0.4 is 0 Å². The Kier molecular flexibility index (Phi) is 3.36. The Balaban J connectivity index is 2.28. The SMILES string of the molecule is Cc1nc(C)c(C(=O)N2CC(O)CC2C(=O)O)s1. The van der Waals surface area contributed by atoms with Crippen molar-refractivity contribution in [2.75, 3.05) is 6.54 Å². The minimum absolute atomic E-state index is 0.0617. The molecule has 0 saturated carbocycles. The number of hydrogen-bond donors (Lipinski definition) is 2. The maximum absolute atomic E-state index is 12.3. The Morgan fingerprint density at radius 3 is 2.61 bits per heavy atom. The third kappa shape index (κ3) is 2.23. The second-order valence-corrected chi connectivity index (χ2v) is 5.55. The van der Waals surface area contributed by atoms with E-state index in [0.29, 0.717) is 10.6 Å². The number of hydrogen-bond acceptors (Lipinski definition) is 5. The number of carboxylic acid groups (broad SMARTS) is 1. The molecule has 1 aliphatic rings. The van der Waals surface area contributed by atoms with E-state index in [1.807, 2.05) is 0 Å². The molecule has 1 saturated heterocycles. The van der Waals surface area contributed by atoms with E-state index in [4.69, 9.17) is 5.11 Å². The number of aromatic nitrogens is 1. The van der Waals surface area contributed by atoms with Crippen molar-refractivity contribution in [1.29, 1.82) is 0 Å². The summed E-state index contributed by atoms with van der Waals surface area (Å²) in [5, 5.41) is 19.3. The summed E-state index contributed by atoms with van der Waals surface area (Å²) in [6.07, 6.45) is -0.692. The number of nitrogens with zero attached hydrogens (tertiary/aromatic N) is 2. The maximum atomic E-state index is 12.3. The van der Waals surface area contributed by atoms with Crippen LogP contribution in [0.4, 0.5) is 0 Å². The molecule has 0 bridgehead atoms. The lowest BCUT2D eigenvalue weighted by Crippen LogP contribution is -2.40. The number of carboxylic acids is 1. The summed E-state index contributed by atoms with van der Waals surface area (Å²) in [5.41, 5.74) is 0.605. The summed E-state index contributed by atoms with van der Waals surface area (Å²) in [6.45, 7) is 3.58. The number of rotatable bonds is 2. The van der Waals surface area contributed by atoms with Gasteiger partial charge in [0.15, 0.2) is 0 Å². The standard InChI is InChI=1S/C11H14N2O4S/c1-5-9(18-6(2)12-5)10(15)13-4-7(14)3-8(13)11(16)17/h7-8,14H,3-4H2,1-2H3,(H,16,17). The predicted octanol–water partition coefficient (Wildman–Crippen LogP) is 0.420. The molecule has 0 aromatic carbocycles. The van der Waals surface area contributed by atoms with Crippen LogP contribution >= 0.6 is 11.3 Å². The van der Waals surface area contributed by atoms with Crippen LogP contribution in [0.2, 0.25) is 0 Å². The average Bonchev–Trinajstić information content (AvgIpc) is 2.81. The first kappa shape index (κ1) is 13.0. The van der Waals surface area contributed by atoms with Gasteiger partial charge in [0.1, 0.15) is 10.9 Å². The number of thiazole rings is 1. The lowest BCUT2D eigenvalue weighted by Gasteiger charge is -2.20. The fraction of sp³-hybridized carbons (Fsp3) is 0.545. The summed E-state index contributed by atoms with van der Waals surface area (Å²) in [6, 6.07) is -0.950. The Morgan fingerprint density at radius 1 is 1.44 bits per heavy atom. The van der Waals surface area contributed by atoms with Crippen molar-refractivity contribution in [3.8, 4) is 0 Å². The fourth-order valence-corrected chi connectivity index (χ4v) is 3.01. The molecule has 2 rings (SSSR count). The monoisotopic (exact) mass is 270 g/mol. The summed E-state index contributed by atoms with van der Waals surface area (Å²) < 4.78 is 0. The number of β-amino-alcohol motifs (C(OH)–C–C–N with tert-alkyl or cyclic N) is 1. The van der Waals surface area contributed by atoms with Crippen molar-refractivity contribution >= 4 is 23.2 Å². The van der Waals surface area contributed by atoms with E-state index in [9.17, 15) is 14.7 Å². The molecule has 0 radical (unpaired) electrons. The van der Waals surface area contributed by atoms with Crippen molar-refractivity contribution in [3.63, 3.8) is 0 Å². The molecule has 0 aliphatic carbocycles. The van der Waals surface area contributed by atoms with Gasteiger partial charge in [-0.15, -0.1) is 11.3 Å². The van der Waals surface area contributed by atoms with E-state index in [0.717, 1.165) is 5.01 Å². The predicted molar refractivity (Wildman–Crippen MR) is 64.7 cm³/mol. The molecule has 1 aromatic rings. The molecule has 2 heterocycles. The van der Waals surface area contributed by atoms with E-state index < -0.39 is 18.1 Å². The third-order valence-electron chi connectivity index (χ3n) is 2.92. The summed E-state index contributed by atoms with van der Waals surface area (Å²) in [5.74, 6) is -1.44.